The Balaban J connectivity index is 1.80. The van der Waals surface area contributed by atoms with Crippen molar-refractivity contribution in [3.05, 3.63) is 36.0 Å². The highest BCUT2D eigenvalue weighted by molar-refractivity contribution is 5.92. The molecule has 3 rings (SSSR count). The largest absolute Gasteiger partial charge is 0.398 e. The number of hydrogen-bond acceptors (Lipinski definition) is 3. The summed E-state index contributed by atoms with van der Waals surface area (Å²) in [6, 6.07) is 8.86. The fraction of sp³-hybridized carbons (Fsp3) is 0.500. The van der Waals surface area contributed by atoms with Crippen molar-refractivity contribution >= 4 is 16.6 Å². The Morgan fingerprint density at radius 3 is 2.71 bits per heavy atom. The average molecular weight is 283 g/mol. The molecular formula is C18H25N3. The maximum absolute atomic E-state index is 6.06. The van der Waals surface area contributed by atoms with Crippen LogP contribution < -0.4 is 5.73 Å². The number of fused-ring (bicyclic) bond motifs is 1. The molecule has 3 heteroatoms. The van der Waals surface area contributed by atoms with Crippen LogP contribution in [0.3, 0.4) is 0 Å². The molecule has 0 amide bonds. The third-order valence-electron chi connectivity index (χ3n) is 4.92. The van der Waals surface area contributed by atoms with E-state index in [1.165, 1.54) is 31.2 Å². The molecule has 2 aromatic rings. The van der Waals surface area contributed by atoms with Gasteiger partial charge in [0.25, 0.3) is 0 Å². The number of rotatable bonds is 3. The minimum atomic E-state index is 0.706. The first-order valence-corrected chi connectivity index (χ1v) is 7.97. The Hall–Kier alpha value is -1.61. The van der Waals surface area contributed by atoms with Crippen molar-refractivity contribution in [1.82, 2.24) is 9.88 Å². The van der Waals surface area contributed by atoms with Crippen molar-refractivity contribution in [1.29, 1.82) is 0 Å². The van der Waals surface area contributed by atoms with E-state index in [9.17, 15) is 0 Å². The highest BCUT2D eigenvalue weighted by atomic mass is 15.1. The maximum Gasteiger partial charge on any atom is 0.0767 e. The lowest BCUT2D eigenvalue weighted by Crippen LogP contribution is -2.34. The number of anilines is 1. The molecule has 0 spiro atoms. The van der Waals surface area contributed by atoms with Gasteiger partial charge in [-0.3, -0.25) is 9.88 Å². The van der Waals surface area contributed by atoms with Gasteiger partial charge in [-0.05, 0) is 62.4 Å². The Bertz CT molecular complexity index is 615. The van der Waals surface area contributed by atoms with Crippen molar-refractivity contribution in [2.45, 2.75) is 45.2 Å². The quantitative estimate of drug-likeness (QED) is 0.871. The van der Waals surface area contributed by atoms with Crippen molar-refractivity contribution in [2.24, 2.45) is 5.92 Å². The minimum absolute atomic E-state index is 0.706. The smallest absolute Gasteiger partial charge is 0.0767 e. The second-order valence-corrected chi connectivity index (χ2v) is 6.54. The highest BCUT2D eigenvalue weighted by Gasteiger charge is 2.22. The molecule has 0 atom stereocenters. The van der Waals surface area contributed by atoms with E-state index in [-0.39, 0.29) is 0 Å². The number of nitrogens with two attached hydrogens (primary N) is 1. The molecule has 1 heterocycles. The van der Waals surface area contributed by atoms with Crippen LogP contribution in [-0.4, -0.2) is 23.0 Å². The summed E-state index contributed by atoms with van der Waals surface area (Å²) in [5.74, 6) is 0.897. The summed E-state index contributed by atoms with van der Waals surface area (Å²) < 4.78 is 0. The third-order valence-corrected chi connectivity index (χ3v) is 4.92. The van der Waals surface area contributed by atoms with E-state index in [0.29, 0.717) is 6.04 Å². The molecule has 0 unspecified atom stereocenters. The summed E-state index contributed by atoms with van der Waals surface area (Å²) in [6.45, 7) is 3.32. The van der Waals surface area contributed by atoms with Crippen LogP contribution >= 0.6 is 0 Å². The van der Waals surface area contributed by atoms with Gasteiger partial charge in [0.05, 0.1) is 5.52 Å². The molecule has 1 saturated carbocycles. The molecule has 1 aromatic carbocycles. The maximum atomic E-state index is 6.06. The summed E-state index contributed by atoms with van der Waals surface area (Å²) in [5, 5.41) is 1.07. The van der Waals surface area contributed by atoms with Crippen LogP contribution in [0, 0.1) is 5.92 Å². The van der Waals surface area contributed by atoms with Gasteiger partial charge in [0, 0.05) is 29.9 Å². The topological polar surface area (TPSA) is 42.1 Å². The number of aromatic nitrogens is 1. The number of nitrogens with zero attached hydrogens (tertiary/aromatic N) is 2. The van der Waals surface area contributed by atoms with E-state index in [4.69, 9.17) is 5.73 Å². The van der Waals surface area contributed by atoms with Gasteiger partial charge in [0.15, 0.2) is 0 Å². The standard InChI is InChI=1S/C18H25N3/c1-13-5-8-15(9-6-13)21(2)12-14-7-10-17(19)16-4-3-11-20-18(14)16/h3-4,7,10-11,13,15H,5-6,8-9,12,19H2,1-2H3. The van der Waals surface area contributed by atoms with Gasteiger partial charge in [-0.25, -0.2) is 0 Å². The lowest BCUT2D eigenvalue weighted by atomic mass is 9.86. The summed E-state index contributed by atoms with van der Waals surface area (Å²) >= 11 is 0. The summed E-state index contributed by atoms with van der Waals surface area (Å²) in [6.07, 6.45) is 7.20. The number of nitrogen functional groups attached to an aromatic ring is 1. The molecule has 1 aliphatic carbocycles. The fourth-order valence-electron chi connectivity index (χ4n) is 3.46. The van der Waals surface area contributed by atoms with Crippen LogP contribution in [-0.2, 0) is 6.54 Å². The third kappa shape index (κ3) is 3.03. The lowest BCUT2D eigenvalue weighted by molar-refractivity contribution is 0.164. The van der Waals surface area contributed by atoms with Crippen LogP contribution in [0.25, 0.3) is 10.9 Å². The predicted octanol–water partition coefficient (Wildman–Crippen LogP) is 3.83. The highest BCUT2D eigenvalue weighted by Crippen LogP contribution is 2.29. The monoisotopic (exact) mass is 283 g/mol. The minimum Gasteiger partial charge on any atom is -0.398 e. The zero-order valence-electron chi connectivity index (χ0n) is 13.0. The number of hydrogen-bond donors (Lipinski definition) is 1. The van der Waals surface area contributed by atoms with E-state index < -0.39 is 0 Å². The Kier molecular flexibility index (Phi) is 4.11. The second-order valence-electron chi connectivity index (χ2n) is 6.54. The molecular weight excluding hydrogens is 258 g/mol. The van der Waals surface area contributed by atoms with Crippen molar-refractivity contribution in [3.8, 4) is 0 Å². The zero-order chi connectivity index (χ0) is 14.8. The van der Waals surface area contributed by atoms with Gasteiger partial charge < -0.3 is 5.73 Å². The van der Waals surface area contributed by atoms with Crippen LogP contribution in [0.15, 0.2) is 30.5 Å². The average Bonchev–Trinajstić information content (AvgIpc) is 2.51. The fourth-order valence-corrected chi connectivity index (χ4v) is 3.46. The van der Waals surface area contributed by atoms with E-state index in [1.54, 1.807) is 0 Å². The van der Waals surface area contributed by atoms with E-state index in [2.05, 4.69) is 36.0 Å². The first-order chi connectivity index (χ1) is 10.1. The molecule has 0 saturated heterocycles. The molecule has 0 radical (unpaired) electrons. The zero-order valence-corrected chi connectivity index (χ0v) is 13.0. The second kappa shape index (κ2) is 6.02. The Labute approximate surface area is 127 Å². The van der Waals surface area contributed by atoms with Gasteiger partial charge in [0.1, 0.15) is 0 Å². The first-order valence-electron chi connectivity index (χ1n) is 7.97. The molecule has 112 valence electrons. The van der Waals surface area contributed by atoms with Gasteiger partial charge >= 0.3 is 0 Å². The number of benzene rings is 1. The molecule has 0 bridgehead atoms. The molecule has 1 aromatic heterocycles. The Morgan fingerprint density at radius 1 is 1.19 bits per heavy atom. The summed E-state index contributed by atoms with van der Waals surface area (Å²) in [5.41, 5.74) is 9.20. The number of pyridine rings is 1. The van der Waals surface area contributed by atoms with Crippen molar-refractivity contribution < 1.29 is 0 Å². The van der Waals surface area contributed by atoms with E-state index in [0.717, 1.165) is 29.1 Å². The van der Waals surface area contributed by atoms with Gasteiger partial charge in [0.2, 0.25) is 0 Å². The molecule has 1 aliphatic rings. The molecule has 21 heavy (non-hydrogen) atoms. The predicted molar refractivity (Wildman–Crippen MR) is 89.0 cm³/mol. The van der Waals surface area contributed by atoms with Gasteiger partial charge in [-0.2, -0.15) is 0 Å². The first kappa shape index (κ1) is 14.3. The van der Waals surface area contributed by atoms with Gasteiger partial charge in [-0.15, -0.1) is 0 Å². The van der Waals surface area contributed by atoms with Crippen molar-refractivity contribution in [2.75, 3.05) is 12.8 Å². The molecule has 2 N–H and O–H groups in total. The van der Waals surface area contributed by atoms with Gasteiger partial charge in [-0.1, -0.05) is 13.0 Å². The summed E-state index contributed by atoms with van der Waals surface area (Å²) in [4.78, 5) is 7.04. The van der Waals surface area contributed by atoms with Crippen LogP contribution in [0.2, 0.25) is 0 Å². The molecule has 0 aliphatic heterocycles. The molecule has 1 fully saturated rings. The van der Waals surface area contributed by atoms with Crippen LogP contribution in [0.5, 0.6) is 0 Å². The lowest BCUT2D eigenvalue weighted by Gasteiger charge is -2.33. The SMILES string of the molecule is CC1CCC(N(C)Cc2ccc(N)c3cccnc23)CC1. The van der Waals surface area contributed by atoms with E-state index in [1.807, 2.05) is 18.3 Å². The van der Waals surface area contributed by atoms with Crippen molar-refractivity contribution in [3.63, 3.8) is 0 Å². The van der Waals surface area contributed by atoms with Crippen LogP contribution in [0.1, 0.15) is 38.2 Å². The molecule has 3 nitrogen and oxygen atoms in total. The normalized spacial score (nSPS) is 22.8. The van der Waals surface area contributed by atoms with Crippen LogP contribution in [0.4, 0.5) is 5.69 Å². The summed E-state index contributed by atoms with van der Waals surface area (Å²) in [7, 11) is 2.24. The Morgan fingerprint density at radius 2 is 1.95 bits per heavy atom. The van der Waals surface area contributed by atoms with E-state index >= 15 is 0 Å².